The Balaban J connectivity index is 0.000000155. The van der Waals surface area contributed by atoms with Gasteiger partial charge in [-0.05, 0) is 120 Å². The summed E-state index contributed by atoms with van der Waals surface area (Å²) < 4.78 is 4.92. The molecule has 0 fully saturated rings. The van der Waals surface area contributed by atoms with Crippen molar-refractivity contribution in [3.05, 3.63) is 209 Å². The third-order valence-electron chi connectivity index (χ3n) is 10.8. The van der Waals surface area contributed by atoms with E-state index in [1.165, 1.54) is 40.3 Å². The van der Waals surface area contributed by atoms with Gasteiger partial charge >= 0.3 is 0 Å². The van der Waals surface area contributed by atoms with Gasteiger partial charge in [0.2, 0.25) is 22.2 Å². The molecular weight excluding hydrogens is 1060 g/mol. The Labute approximate surface area is 466 Å². The number of carbonyl (C=O) groups excluding carboxylic acids is 3. The highest BCUT2D eigenvalue weighted by Gasteiger charge is 2.13. The zero-order valence-electron chi connectivity index (χ0n) is 42.3. The van der Waals surface area contributed by atoms with E-state index in [1.54, 1.807) is 48.6 Å². The van der Waals surface area contributed by atoms with Gasteiger partial charge in [0.25, 0.3) is 17.7 Å². The van der Waals surface area contributed by atoms with Crippen LogP contribution in [0, 0.1) is 6.92 Å². The summed E-state index contributed by atoms with van der Waals surface area (Å²) in [5, 5.41) is 34.0. The van der Waals surface area contributed by atoms with Gasteiger partial charge < -0.3 is 31.9 Å². The standard InChI is InChI=1S/C22H18N4OS2.C19H21N5OS.C14H14N6O2S/c27-21(17-6-4-5-16(13-17)14-28-22-23-15-24-26-22)25-18-9-11-20(12-10-18)29-19-7-2-1-3-8-19;1-12(2)14-6-4-8-16(10-14)21-17(25)15-7-3-5-13(9-15)11-26-19-22-18(20)23-24-19;1-8-5-11(20-22-8)16-12(21)10-4-2-3-9(6-10)7-23-14-17-13(15)18-19-14/h1-13,15H,14H2,(H,25,27)(H,23,24,26);3-10,12H,11H2,1-2H3,(H,21,25)(H3,20,22,23,24);2-6H,7H2,1H3,(H,16,20,21)(H3,15,17,18,19). The van der Waals surface area contributed by atoms with Crippen LogP contribution in [-0.2, 0) is 17.3 Å². The fourth-order valence-corrected chi connectivity index (χ4v) is 10.0. The summed E-state index contributed by atoms with van der Waals surface area (Å²) in [6.07, 6.45) is 1.48. The molecule has 0 saturated carbocycles. The number of H-pyrrole nitrogens is 3. The zero-order chi connectivity index (χ0) is 54.6. The quantitative estimate of drug-likeness (QED) is 0.0371. The van der Waals surface area contributed by atoms with E-state index >= 15 is 0 Å². The van der Waals surface area contributed by atoms with Crippen molar-refractivity contribution in [2.45, 2.75) is 69.2 Å². The molecule has 10 rings (SSSR count). The predicted molar refractivity (Wildman–Crippen MR) is 309 cm³/mol. The number of hydrogen-bond donors (Lipinski definition) is 8. The van der Waals surface area contributed by atoms with Crippen molar-refractivity contribution in [3.8, 4) is 0 Å². The number of aryl methyl sites for hydroxylation is 1. The van der Waals surface area contributed by atoms with E-state index in [2.05, 4.69) is 98.7 Å². The van der Waals surface area contributed by atoms with Crippen molar-refractivity contribution < 1.29 is 18.9 Å². The van der Waals surface area contributed by atoms with E-state index in [-0.39, 0.29) is 23.7 Å². The molecule has 0 aliphatic heterocycles. The smallest absolute Gasteiger partial charge is 0.256 e. The number of anilines is 5. The second kappa shape index (κ2) is 27.9. The summed E-state index contributed by atoms with van der Waals surface area (Å²) in [5.41, 5.74) is 18.6. The Hall–Kier alpha value is -8.64. The molecule has 0 unspecified atom stereocenters. The number of rotatable bonds is 18. The summed E-state index contributed by atoms with van der Waals surface area (Å²) in [6.45, 7) is 6.02. The van der Waals surface area contributed by atoms with Gasteiger partial charge in [0.15, 0.2) is 11.0 Å². The molecule has 78 heavy (non-hydrogen) atoms. The van der Waals surface area contributed by atoms with Crippen molar-refractivity contribution in [2.24, 2.45) is 0 Å². The predicted octanol–water partition coefficient (Wildman–Crippen LogP) is 11.8. The molecule has 0 bridgehead atoms. The number of benzene rings is 6. The lowest BCUT2D eigenvalue weighted by Crippen LogP contribution is -2.12. The van der Waals surface area contributed by atoms with Gasteiger partial charge in [0, 0.05) is 61.2 Å². The number of nitrogen functional groups attached to an aromatic ring is 2. The molecule has 0 aliphatic carbocycles. The molecule has 3 amide bonds. The summed E-state index contributed by atoms with van der Waals surface area (Å²) in [7, 11) is 0. The topological polar surface area (TPSA) is 290 Å². The monoisotopic (exact) mass is 1120 g/mol. The first-order chi connectivity index (χ1) is 37.9. The molecule has 6 aromatic carbocycles. The van der Waals surface area contributed by atoms with Crippen LogP contribution in [0.5, 0.6) is 0 Å². The minimum Gasteiger partial charge on any atom is -0.368 e. The number of nitrogens with zero attached hydrogens (tertiary/aromatic N) is 7. The van der Waals surface area contributed by atoms with Crippen LogP contribution in [0.25, 0.3) is 0 Å². The van der Waals surface area contributed by atoms with E-state index in [9.17, 15) is 14.4 Å². The second-order valence-corrected chi connectivity index (χ2v) is 21.2. The summed E-state index contributed by atoms with van der Waals surface area (Å²) in [4.78, 5) is 51.9. The van der Waals surface area contributed by atoms with Gasteiger partial charge in [0.05, 0.1) is 0 Å². The largest absolute Gasteiger partial charge is 0.368 e. The van der Waals surface area contributed by atoms with Gasteiger partial charge in [-0.3, -0.25) is 19.5 Å². The second-order valence-electron chi connectivity index (χ2n) is 17.2. The van der Waals surface area contributed by atoms with Crippen molar-refractivity contribution in [1.82, 2.24) is 50.7 Å². The fraction of sp³-hybridized carbons (Fsp3) is 0.127. The van der Waals surface area contributed by atoms with Crippen molar-refractivity contribution in [2.75, 3.05) is 27.4 Å². The molecule has 0 spiro atoms. The van der Waals surface area contributed by atoms with Crippen LogP contribution in [-0.4, -0.2) is 68.4 Å². The van der Waals surface area contributed by atoms with E-state index < -0.39 is 0 Å². The average Bonchev–Trinajstić information content (AvgIpc) is 4.31. The SMILES string of the molecule is CC(C)c1cccc(NC(=O)c2cccc(CSc3n[nH]c(N)n3)c2)c1.Cc1cc(NC(=O)c2cccc(CSc3n[nH]c(N)n3)c2)no1.O=C(Nc1ccc(Sc2ccccc2)cc1)c1cccc(CSc2ncn[nH]2)c1. The first kappa shape index (κ1) is 55.6. The molecule has 23 heteroatoms. The highest BCUT2D eigenvalue weighted by Crippen LogP contribution is 2.29. The summed E-state index contributed by atoms with van der Waals surface area (Å²) in [6, 6.07) is 50.1. The molecule has 0 aliphatic rings. The maximum Gasteiger partial charge on any atom is 0.256 e. The van der Waals surface area contributed by atoms with Gasteiger partial charge in [-0.1, -0.05) is 133 Å². The number of thioether (sulfide) groups is 3. The van der Waals surface area contributed by atoms with E-state index in [0.717, 1.165) is 38.1 Å². The van der Waals surface area contributed by atoms with Gasteiger partial charge in [-0.2, -0.15) is 15.1 Å². The third-order valence-corrected chi connectivity index (χ3v) is 14.6. The highest BCUT2D eigenvalue weighted by molar-refractivity contribution is 7.99. The van der Waals surface area contributed by atoms with Gasteiger partial charge in [-0.25, -0.2) is 15.2 Å². The average molecular weight is 1120 g/mol. The lowest BCUT2D eigenvalue weighted by Gasteiger charge is -2.10. The van der Waals surface area contributed by atoms with E-state index in [4.69, 9.17) is 16.0 Å². The Morgan fingerprint density at radius 1 is 0.564 bits per heavy atom. The number of aromatic amines is 3. The Kier molecular flexibility index (Phi) is 19.9. The van der Waals surface area contributed by atoms with Crippen LogP contribution in [0.2, 0.25) is 0 Å². The van der Waals surface area contributed by atoms with Crippen molar-refractivity contribution in [1.29, 1.82) is 0 Å². The van der Waals surface area contributed by atoms with Crippen LogP contribution in [0.15, 0.2) is 194 Å². The highest BCUT2D eigenvalue weighted by atomic mass is 32.2. The molecule has 0 radical (unpaired) electrons. The van der Waals surface area contributed by atoms with E-state index in [1.807, 2.05) is 121 Å². The lowest BCUT2D eigenvalue weighted by atomic mass is 10.0. The van der Waals surface area contributed by atoms with Crippen LogP contribution in [0.1, 0.15) is 78.9 Å². The number of carbonyl (C=O) groups is 3. The fourth-order valence-electron chi connectivity index (χ4n) is 6.99. The summed E-state index contributed by atoms with van der Waals surface area (Å²) >= 11 is 6.12. The third kappa shape index (κ3) is 17.5. The molecule has 396 valence electrons. The Bertz CT molecular complexity index is 3540. The molecule has 10 aromatic rings. The molecule has 4 heterocycles. The lowest BCUT2D eigenvalue weighted by molar-refractivity contribution is 0.101. The number of nitrogens with one attached hydrogen (secondary N) is 6. The van der Waals surface area contributed by atoms with Crippen LogP contribution in [0.3, 0.4) is 0 Å². The number of aromatic nitrogens is 10. The van der Waals surface area contributed by atoms with Crippen molar-refractivity contribution >= 4 is 93.9 Å². The van der Waals surface area contributed by atoms with Gasteiger partial charge in [-0.15, -0.1) is 10.2 Å². The summed E-state index contributed by atoms with van der Waals surface area (Å²) in [5.74, 6) is 3.52. The molecule has 19 nitrogen and oxygen atoms in total. The van der Waals surface area contributed by atoms with Gasteiger partial charge in [0.1, 0.15) is 12.1 Å². The molecule has 0 atom stereocenters. The molecular formula is C55H53N15O4S4. The normalized spacial score (nSPS) is 10.7. The molecule has 4 aromatic heterocycles. The van der Waals surface area contributed by atoms with Crippen molar-refractivity contribution in [3.63, 3.8) is 0 Å². The maximum atomic E-state index is 12.6. The Morgan fingerprint density at radius 3 is 1.59 bits per heavy atom. The molecule has 0 saturated heterocycles. The number of nitrogens with two attached hydrogens (primary N) is 2. The number of amides is 3. The maximum absolute atomic E-state index is 12.6. The Morgan fingerprint density at radius 2 is 1.09 bits per heavy atom. The van der Waals surface area contributed by atoms with Crippen LogP contribution < -0.4 is 27.4 Å². The first-order valence-electron chi connectivity index (χ1n) is 24.0. The van der Waals surface area contributed by atoms with Crippen LogP contribution in [0.4, 0.5) is 29.1 Å². The first-order valence-corrected chi connectivity index (χ1v) is 27.8. The number of hydrogen-bond acceptors (Lipinski definition) is 17. The minimum absolute atomic E-state index is 0.125. The molecule has 10 N–H and O–H groups in total. The van der Waals surface area contributed by atoms with E-state index in [0.29, 0.717) is 67.7 Å². The zero-order valence-corrected chi connectivity index (χ0v) is 45.6. The minimum atomic E-state index is -0.243. The van der Waals surface area contributed by atoms with Crippen LogP contribution >= 0.6 is 47.0 Å².